The van der Waals surface area contributed by atoms with E-state index in [1.165, 1.54) is 12.1 Å². The Morgan fingerprint density at radius 1 is 1.32 bits per heavy atom. The highest BCUT2D eigenvalue weighted by Crippen LogP contribution is 2.35. The highest BCUT2D eigenvalue weighted by Gasteiger charge is 2.30. The molecule has 1 aliphatic heterocycles. The van der Waals surface area contributed by atoms with Crippen LogP contribution in [-0.2, 0) is 6.42 Å². The number of nitrogens with two attached hydrogens (primary N) is 1. The number of benzene rings is 1. The summed E-state index contributed by atoms with van der Waals surface area (Å²) in [5, 5.41) is 0.844. The van der Waals surface area contributed by atoms with Crippen molar-refractivity contribution in [2.75, 3.05) is 11.5 Å². The highest BCUT2D eigenvalue weighted by molar-refractivity contribution is 8.07. The summed E-state index contributed by atoms with van der Waals surface area (Å²) in [6.07, 6.45) is 1.47. The molecule has 1 fully saturated rings. The van der Waals surface area contributed by atoms with Crippen LogP contribution >= 0.6 is 23.5 Å². The molecule has 5 heteroatoms. The molecule has 0 aliphatic carbocycles. The van der Waals surface area contributed by atoms with E-state index in [-0.39, 0.29) is 11.9 Å². The Kier molecular flexibility index (Phi) is 5.54. The van der Waals surface area contributed by atoms with Gasteiger partial charge in [-0.25, -0.2) is 8.78 Å². The Labute approximate surface area is 121 Å². The van der Waals surface area contributed by atoms with E-state index in [9.17, 15) is 8.78 Å². The van der Waals surface area contributed by atoms with Crippen molar-refractivity contribution in [1.29, 1.82) is 0 Å². The minimum absolute atomic E-state index is 0.126. The topological polar surface area (TPSA) is 26.0 Å². The van der Waals surface area contributed by atoms with Crippen LogP contribution in [0.2, 0.25) is 0 Å². The van der Waals surface area contributed by atoms with Crippen LogP contribution in [0.1, 0.15) is 18.9 Å². The third kappa shape index (κ3) is 3.86. The summed E-state index contributed by atoms with van der Waals surface area (Å²) in [6.45, 7) is 2.16. The predicted octanol–water partition coefficient (Wildman–Crippen LogP) is 3.46. The largest absolute Gasteiger partial charge is 0.326 e. The zero-order valence-corrected chi connectivity index (χ0v) is 12.6. The summed E-state index contributed by atoms with van der Waals surface area (Å²) in [5.74, 6) is 1.48. The molecule has 0 radical (unpaired) electrons. The van der Waals surface area contributed by atoms with Crippen LogP contribution < -0.4 is 5.73 Å². The summed E-state index contributed by atoms with van der Waals surface area (Å²) >= 11 is 3.82. The van der Waals surface area contributed by atoms with E-state index >= 15 is 0 Å². The van der Waals surface area contributed by atoms with Crippen molar-refractivity contribution in [3.63, 3.8) is 0 Å². The first-order valence-electron chi connectivity index (χ1n) is 6.54. The first-order valence-corrected chi connectivity index (χ1v) is 8.64. The summed E-state index contributed by atoms with van der Waals surface area (Å²) in [5.41, 5.74) is 6.63. The summed E-state index contributed by atoms with van der Waals surface area (Å²) in [6, 6.07) is 3.46. The monoisotopic (exact) mass is 303 g/mol. The summed E-state index contributed by atoms with van der Waals surface area (Å²) in [4.78, 5) is 0. The molecule has 1 aliphatic rings. The molecule has 2 rings (SSSR count). The van der Waals surface area contributed by atoms with Crippen molar-refractivity contribution in [1.82, 2.24) is 0 Å². The summed E-state index contributed by atoms with van der Waals surface area (Å²) in [7, 11) is 0. The average molecular weight is 303 g/mol. The van der Waals surface area contributed by atoms with Crippen LogP contribution in [0.15, 0.2) is 18.2 Å². The average Bonchev–Trinajstić information content (AvgIpc) is 2.42. The Morgan fingerprint density at radius 2 is 2.05 bits per heavy atom. The lowest BCUT2D eigenvalue weighted by atomic mass is 10.0. The quantitative estimate of drug-likeness (QED) is 0.922. The minimum atomic E-state index is -0.402. The lowest BCUT2D eigenvalue weighted by Crippen LogP contribution is -2.43. The van der Waals surface area contributed by atoms with Gasteiger partial charge in [0.25, 0.3) is 0 Å². The van der Waals surface area contributed by atoms with Gasteiger partial charge in [0, 0.05) is 28.0 Å². The maximum atomic E-state index is 13.6. The van der Waals surface area contributed by atoms with Crippen molar-refractivity contribution in [2.24, 2.45) is 5.73 Å². The molecule has 1 heterocycles. The third-order valence-electron chi connectivity index (χ3n) is 3.38. The van der Waals surface area contributed by atoms with Gasteiger partial charge in [0.1, 0.15) is 11.6 Å². The molecule has 3 unspecified atom stereocenters. The van der Waals surface area contributed by atoms with Gasteiger partial charge in [0.05, 0.1) is 0 Å². The molecule has 1 nitrogen and oxygen atoms in total. The predicted molar refractivity (Wildman–Crippen MR) is 80.8 cm³/mol. The maximum Gasteiger partial charge on any atom is 0.126 e. The second-order valence-corrected chi connectivity index (χ2v) is 7.39. The van der Waals surface area contributed by atoms with Gasteiger partial charge in [-0.05, 0) is 36.6 Å². The van der Waals surface area contributed by atoms with E-state index in [2.05, 4.69) is 6.92 Å². The fraction of sp³-hybridized carbons (Fsp3) is 0.571. The van der Waals surface area contributed by atoms with Crippen molar-refractivity contribution in [2.45, 2.75) is 36.3 Å². The number of hydrogen-bond donors (Lipinski definition) is 1. The van der Waals surface area contributed by atoms with Gasteiger partial charge in [-0.1, -0.05) is 6.92 Å². The maximum absolute atomic E-state index is 13.6. The normalized spacial score (nSPS) is 25.3. The molecule has 0 amide bonds. The fourth-order valence-corrected chi connectivity index (χ4v) is 5.60. The molecule has 1 saturated heterocycles. The van der Waals surface area contributed by atoms with E-state index in [0.29, 0.717) is 22.5 Å². The molecule has 3 atom stereocenters. The number of halogens is 2. The van der Waals surface area contributed by atoms with E-state index in [1.54, 1.807) is 0 Å². The van der Waals surface area contributed by atoms with Gasteiger partial charge in [-0.15, -0.1) is 0 Å². The van der Waals surface area contributed by atoms with Crippen LogP contribution in [0, 0.1) is 11.6 Å². The second kappa shape index (κ2) is 6.95. The molecular weight excluding hydrogens is 284 g/mol. The first kappa shape index (κ1) is 15.1. The van der Waals surface area contributed by atoms with Crippen LogP contribution in [0.3, 0.4) is 0 Å². The second-order valence-electron chi connectivity index (χ2n) is 4.76. The lowest BCUT2D eigenvalue weighted by Gasteiger charge is -2.34. The standard InChI is InChI=1S/C14H19F2NS2/c1-2-13-14(19-6-5-18-13)12(17)8-9-7-10(15)3-4-11(9)16/h3-4,7,12-14H,2,5-6,8,17H2,1H3. The molecule has 0 spiro atoms. The molecule has 0 aromatic heterocycles. The van der Waals surface area contributed by atoms with E-state index in [4.69, 9.17) is 5.73 Å². The van der Waals surface area contributed by atoms with Gasteiger partial charge in [-0.2, -0.15) is 23.5 Å². The molecule has 1 aromatic carbocycles. The summed E-state index contributed by atoms with van der Waals surface area (Å²) < 4.78 is 26.8. The Bertz CT molecular complexity index is 428. The van der Waals surface area contributed by atoms with Gasteiger partial charge >= 0.3 is 0 Å². The fourth-order valence-electron chi connectivity index (χ4n) is 2.41. The molecule has 1 aromatic rings. The highest BCUT2D eigenvalue weighted by atomic mass is 32.2. The van der Waals surface area contributed by atoms with Gasteiger partial charge in [0.15, 0.2) is 0 Å². The molecule has 0 saturated carbocycles. The zero-order chi connectivity index (χ0) is 13.8. The van der Waals surface area contributed by atoms with Crippen molar-refractivity contribution < 1.29 is 8.78 Å². The van der Waals surface area contributed by atoms with Crippen LogP contribution in [0.5, 0.6) is 0 Å². The SMILES string of the molecule is CCC1SCCSC1C(N)Cc1cc(F)ccc1F. The molecular formula is C14H19F2NS2. The van der Waals surface area contributed by atoms with Crippen molar-refractivity contribution >= 4 is 23.5 Å². The Hall–Kier alpha value is -0.260. The van der Waals surface area contributed by atoms with Crippen molar-refractivity contribution in [3.05, 3.63) is 35.4 Å². The number of hydrogen-bond acceptors (Lipinski definition) is 3. The van der Waals surface area contributed by atoms with E-state index in [1.807, 2.05) is 23.5 Å². The zero-order valence-electron chi connectivity index (χ0n) is 10.9. The molecule has 19 heavy (non-hydrogen) atoms. The van der Waals surface area contributed by atoms with Crippen LogP contribution in [-0.4, -0.2) is 28.0 Å². The van der Waals surface area contributed by atoms with Crippen LogP contribution in [0.4, 0.5) is 8.78 Å². The molecule has 2 N–H and O–H groups in total. The minimum Gasteiger partial charge on any atom is -0.326 e. The molecule has 0 bridgehead atoms. The van der Waals surface area contributed by atoms with E-state index in [0.717, 1.165) is 24.0 Å². The van der Waals surface area contributed by atoms with Crippen molar-refractivity contribution in [3.8, 4) is 0 Å². The Balaban J connectivity index is 2.06. The number of rotatable bonds is 4. The first-order chi connectivity index (χ1) is 9.11. The number of thioether (sulfide) groups is 2. The lowest BCUT2D eigenvalue weighted by molar-refractivity contribution is 0.551. The Morgan fingerprint density at radius 3 is 2.79 bits per heavy atom. The van der Waals surface area contributed by atoms with Gasteiger partial charge in [0.2, 0.25) is 0 Å². The van der Waals surface area contributed by atoms with E-state index < -0.39 is 5.82 Å². The third-order valence-corrected chi connectivity index (χ3v) is 6.81. The molecule has 106 valence electrons. The van der Waals surface area contributed by atoms with Crippen LogP contribution in [0.25, 0.3) is 0 Å². The smallest absolute Gasteiger partial charge is 0.126 e. The van der Waals surface area contributed by atoms with Gasteiger partial charge in [-0.3, -0.25) is 0 Å². The van der Waals surface area contributed by atoms with Gasteiger partial charge < -0.3 is 5.73 Å².